The molecule has 1 atom stereocenters. The molecule has 0 spiro atoms. The molecule has 180 valence electrons. The summed E-state index contributed by atoms with van der Waals surface area (Å²) in [6, 6.07) is 7.24. The largest absolute Gasteiger partial charge is 0.390 e. The van der Waals surface area contributed by atoms with Crippen LogP contribution in [0.4, 0.5) is 0 Å². The SMILES string of the molecule is O=C(CCN1CCC[C@@H]1Cc1c[nH]c2ccc(CCC3(O)CCCC3)cc12)N1CCOCC1. The second kappa shape index (κ2) is 10.2. The van der Waals surface area contributed by atoms with Crippen LogP contribution in [0.5, 0.6) is 0 Å². The standard InChI is InChI=1S/C27H39N3O3/c31-26(30-14-16-33-17-15-30)8-13-29-12-3-4-23(29)19-22-20-28-25-6-5-21(18-24(22)25)7-11-27(32)9-1-2-10-27/h5-6,18,20,23,28,32H,1-4,7-17,19H2/t23-/m1/s1. The van der Waals surface area contributed by atoms with Gasteiger partial charge in [-0.1, -0.05) is 18.9 Å². The summed E-state index contributed by atoms with van der Waals surface area (Å²) in [5.41, 5.74) is 3.45. The van der Waals surface area contributed by atoms with Crippen LogP contribution in [0.2, 0.25) is 0 Å². The van der Waals surface area contributed by atoms with Crippen molar-refractivity contribution >= 4 is 16.8 Å². The average Bonchev–Trinajstić information content (AvgIpc) is 3.58. The van der Waals surface area contributed by atoms with Gasteiger partial charge >= 0.3 is 0 Å². The molecule has 2 N–H and O–H groups in total. The number of hydrogen-bond acceptors (Lipinski definition) is 4. The molecule has 0 unspecified atom stereocenters. The summed E-state index contributed by atoms with van der Waals surface area (Å²) in [7, 11) is 0. The Morgan fingerprint density at radius 1 is 1.15 bits per heavy atom. The van der Waals surface area contributed by atoms with Crippen molar-refractivity contribution in [1.82, 2.24) is 14.8 Å². The van der Waals surface area contributed by atoms with Crippen LogP contribution < -0.4 is 0 Å². The third-order valence-corrected chi connectivity index (χ3v) is 8.18. The first-order valence-electron chi connectivity index (χ1n) is 13.0. The molecule has 33 heavy (non-hydrogen) atoms. The maximum Gasteiger partial charge on any atom is 0.224 e. The number of H-pyrrole nitrogens is 1. The number of carbonyl (C=O) groups is 1. The fourth-order valence-corrected chi connectivity index (χ4v) is 6.09. The highest BCUT2D eigenvalue weighted by Crippen LogP contribution is 2.34. The van der Waals surface area contributed by atoms with Crippen molar-refractivity contribution in [3.63, 3.8) is 0 Å². The topological polar surface area (TPSA) is 68.8 Å². The summed E-state index contributed by atoms with van der Waals surface area (Å²) < 4.78 is 5.37. The molecule has 3 heterocycles. The van der Waals surface area contributed by atoms with Crippen molar-refractivity contribution in [2.45, 2.75) is 75.9 Å². The predicted molar refractivity (Wildman–Crippen MR) is 130 cm³/mol. The lowest BCUT2D eigenvalue weighted by atomic mass is 9.92. The zero-order chi connectivity index (χ0) is 22.7. The molecule has 5 rings (SSSR count). The van der Waals surface area contributed by atoms with Gasteiger partial charge in [-0.3, -0.25) is 9.69 Å². The second-order valence-corrected chi connectivity index (χ2v) is 10.4. The van der Waals surface area contributed by atoms with Crippen LogP contribution in [-0.4, -0.2) is 76.8 Å². The van der Waals surface area contributed by atoms with Gasteiger partial charge < -0.3 is 19.7 Å². The molecule has 1 aromatic heterocycles. The van der Waals surface area contributed by atoms with Gasteiger partial charge in [0.25, 0.3) is 0 Å². The highest BCUT2D eigenvalue weighted by atomic mass is 16.5. The number of nitrogens with zero attached hydrogens (tertiary/aromatic N) is 2. The number of nitrogens with one attached hydrogen (secondary N) is 1. The minimum atomic E-state index is -0.445. The van der Waals surface area contributed by atoms with Gasteiger partial charge in [0, 0.05) is 49.2 Å². The van der Waals surface area contributed by atoms with Crippen LogP contribution in [0.25, 0.3) is 10.9 Å². The van der Waals surface area contributed by atoms with E-state index in [1.807, 2.05) is 4.90 Å². The van der Waals surface area contributed by atoms with Crippen LogP contribution in [-0.2, 0) is 22.4 Å². The number of aromatic nitrogens is 1. The Kier molecular flexibility index (Phi) is 7.05. The van der Waals surface area contributed by atoms with E-state index in [0.29, 0.717) is 25.7 Å². The van der Waals surface area contributed by atoms with E-state index in [2.05, 4.69) is 34.3 Å². The second-order valence-electron chi connectivity index (χ2n) is 10.4. The molecule has 1 saturated carbocycles. The molecule has 6 nitrogen and oxygen atoms in total. The first-order valence-corrected chi connectivity index (χ1v) is 13.0. The monoisotopic (exact) mass is 453 g/mol. The van der Waals surface area contributed by atoms with Gasteiger partial charge in [-0.15, -0.1) is 0 Å². The van der Waals surface area contributed by atoms with Crippen molar-refractivity contribution in [2.75, 3.05) is 39.4 Å². The first kappa shape index (κ1) is 22.9. The number of aryl methyl sites for hydroxylation is 1. The minimum absolute atomic E-state index is 0.268. The predicted octanol–water partition coefficient (Wildman–Crippen LogP) is 3.66. The number of aromatic amines is 1. The molecule has 0 bridgehead atoms. The summed E-state index contributed by atoms with van der Waals surface area (Å²) >= 11 is 0. The van der Waals surface area contributed by atoms with E-state index < -0.39 is 5.60 Å². The Balaban J connectivity index is 1.20. The Morgan fingerprint density at radius 2 is 1.97 bits per heavy atom. The number of carbonyl (C=O) groups excluding carboxylic acids is 1. The Morgan fingerprint density at radius 3 is 2.79 bits per heavy atom. The van der Waals surface area contributed by atoms with Gasteiger partial charge in [-0.25, -0.2) is 0 Å². The molecule has 2 saturated heterocycles. The third-order valence-electron chi connectivity index (χ3n) is 8.18. The van der Waals surface area contributed by atoms with Gasteiger partial charge in [-0.2, -0.15) is 0 Å². The molecule has 2 aliphatic heterocycles. The molecule has 1 aliphatic carbocycles. The lowest BCUT2D eigenvalue weighted by Gasteiger charge is -2.29. The number of benzene rings is 1. The first-order chi connectivity index (χ1) is 16.1. The zero-order valence-corrected chi connectivity index (χ0v) is 19.9. The maximum atomic E-state index is 12.6. The molecular formula is C27H39N3O3. The summed E-state index contributed by atoms with van der Waals surface area (Å²) in [5, 5.41) is 12.0. The Bertz CT molecular complexity index is 943. The van der Waals surface area contributed by atoms with Crippen molar-refractivity contribution in [1.29, 1.82) is 0 Å². The Hall–Kier alpha value is -1.89. The molecule has 1 amide bonds. The molecule has 0 radical (unpaired) electrons. The number of likely N-dealkylation sites (tertiary alicyclic amines) is 1. The Labute approximate surface area is 197 Å². The van der Waals surface area contributed by atoms with E-state index in [9.17, 15) is 9.90 Å². The third kappa shape index (κ3) is 5.44. The normalized spacial score (nSPS) is 23.5. The highest BCUT2D eigenvalue weighted by molar-refractivity contribution is 5.84. The van der Waals surface area contributed by atoms with Gasteiger partial charge in [-0.05, 0) is 74.8 Å². The van der Waals surface area contributed by atoms with E-state index in [1.54, 1.807) is 0 Å². The fraction of sp³-hybridized carbons (Fsp3) is 0.667. The summed E-state index contributed by atoms with van der Waals surface area (Å²) in [5.74, 6) is 0.268. The number of aliphatic hydroxyl groups is 1. The van der Waals surface area contributed by atoms with E-state index in [4.69, 9.17) is 4.74 Å². The average molecular weight is 454 g/mol. The van der Waals surface area contributed by atoms with E-state index in [1.165, 1.54) is 34.9 Å². The van der Waals surface area contributed by atoms with Crippen LogP contribution in [0.3, 0.4) is 0 Å². The molecule has 6 heteroatoms. The van der Waals surface area contributed by atoms with Gasteiger partial charge in [0.1, 0.15) is 0 Å². The molecule has 1 aromatic carbocycles. The summed E-state index contributed by atoms with van der Waals surface area (Å²) in [6.07, 6.45) is 12.3. The quantitative estimate of drug-likeness (QED) is 0.640. The van der Waals surface area contributed by atoms with Crippen molar-refractivity contribution < 1.29 is 14.6 Å². The van der Waals surface area contributed by atoms with E-state index in [-0.39, 0.29) is 5.91 Å². The summed E-state index contributed by atoms with van der Waals surface area (Å²) in [4.78, 5) is 20.5. The summed E-state index contributed by atoms with van der Waals surface area (Å²) in [6.45, 7) is 4.74. The maximum absolute atomic E-state index is 12.6. The number of rotatable bonds is 8. The smallest absolute Gasteiger partial charge is 0.224 e. The van der Waals surface area contributed by atoms with Gasteiger partial charge in [0.15, 0.2) is 0 Å². The van der Waals surface area contributed by atoms with Crippen LogP contribution in [0.1, 0.15) is 62.5 Å². The lowest BCUT2D eigenvalue weighted by Crippen LogP contribution is -2.42. The number of amides is 1. The van der Waals surface area contributed by atoms with Crippen molar-refractivity contribution in [3.05, 3.63) is 35.5 Å². The molecular weight excluding hydrogens is 414 g/mol. The van der Waals surface area contributed by atoms with E-state index >= 15 is 0 Å². The lowest BCUT2D eigenvalue weighted by molar-refractivity contribution is -0.135. The number of morpholine rings is 1. The van der Waals surface area contributed by atoms with Gasteiger partial charge in [0.2, 0.25) is 5.91 Å². The molecule has 2 aromatic rings. The van der Waals surface area contributed by atoms with Crippen LogP contribution in [0.15, 0.2) is 24.4 Å². The molecule has 3 fully saturated rings. The fourth-order valence-electron chi connectivity index (χ4n) is 6.09. The van der Waals surface area contributed by atoms with E-state index in [0.717, 1.165) is 71.1 Å². The van der Waals surface area contributed by atoms with Gasteiger partial charge in [0.05, 0.1) is 18.8 Å². The van der Waals surface area contributed by atoms with Crippen molar-refractivity contribution in [3.8, 4) is 0 Å². The highest BCUT2D eigenvalue weighted by Gasteiger charge is 2.30. The van der Waals surface area contributed by atoms with Crippen LogP contribution in [0, 0.1) is 0 Å². The van der Waals surface area contributed by atoms with Crippen LogP contribution >= 0.6 is 0 Å². The molecule has 3 aliphatic rings. The van der Waals surface area contributed by atoms with Crippen molar-refractivity contribution in [2.24, 2.45) is 0 Å². The zero-order valence-electron chi connectivity index (χ0n) is 19.9. The minimum Gasteiger partial charge on any atom is -0.390 e. The number of hydrogen-bond donors (Lipinski definition) is 2. The number of ether oxygens (including phenoxy) is 1. The number of fused-ring (bicyclic) bond motifs is 1.